The molecule has 2 fully saturated rings. The Morgan fingerprint density at radius 3 is 2.42 bits per heavy atom. The van der Waals surface area contributed by atoms with E-state index in [4.69, 9.17) is 4.84 Å². The predicted molar refractivity (Wildman–Crippen MR) is 171 cm³/mol. The molecule has 0 saturated carbocycles. The Balaban J connectivity index is 1.66. The van der Waals surface area contributed by atoms with E-state index in [2.05, 4.69) is 16.0 Å². The van der Waals surface area contributed by atoms with Crippen LogP contribution in [0.15, 0.2) is 30.5 Å². The molecule has 0 spiro atoms. The summed E-state index contributed by atoms with van der Waals surface area (Å²) in [5, 5.41) is 9.75. The molecule has 45 heavy (non-hydrogen) atoms. The first kappa shape index (κ1) is 34.0. The molecule has 11 heteroatoms. The first-order chi connectivity index (χ1) is 21.7. The maximum Gasteiger partial charge on any atom is 0.246 e. The number of amides is 4. The third-order valence-electron chi connectivity index (χ3n) is 9.36. The summed E-state index contributed by atoms with van der Waals surface area (Å²) in [7, 11) is 1.56. The van der Waals surface area contributed by atoms with Crippen molar-refractivity contribution in [2.45, 2.75) is 116 Å². The molecule has 2 aliphatic heterocycles. The quantitative estimate of drug-likeness (QED) is 0.311. The number of Topliss-reactive ketones (excluding diaryl/α,β-unsaturated/α-hetero) is 1. The van der Waals surface area contributed by atoms with Gasteiger partial charge in [0.1, 0.15) is 37.1 Å². The Morgan fingerprint density at radius 2 is 1.69 bits per heavy atom. The molecule has 3 N–H and O–H groups in total. The highest BCUT2D eigenvalue weighted by atomic mass is 16.6. The summed E-state index contributed by atoms with van der Waals surface area (Å²) in [6, 6.07) is 4.20. The van der Waals surface area contributed by atoms with Crippen LogP contribution in [0.2, 0.25) is 0 Å². The number of para-hydroxylation sites is 1. The molecule has 0 aliphatic carbocycles. The van der Waals surface area contributed by atoms with Crippen LogP contribution in [0.3, 0.4) is 0 Å². The van der Waals surface area contributed by atoms with Crippen LogP contribution in [0.5, 0.6) is 0 Å². The van der Waals surface area contributed by atoms with Gasteiger partial charge in [-0.2, -0.15) is 4.73 Å². The minimum Gasteiger partial charge on any atom is -0.417 e. The van der Waals surface area contributed by atoms with E-state index < -0.39 is 36.0 Å². The second-order valence-corrected chi connectivity index (χ2v) is 12.4. The third-order valence-corrected chi connectivity index (χ3v) is 9.36. The lowest BCUT2D eigenvalue weighted by molar-refractivity contribution is -0.147. The number of unbranched alkanes of at least 4 members (excludes halogenated alkanes) is 2. The molecule has 2 aliphatic rings. The smallest absolute Gasteiger partial charge is 0.246 e. The van der Waals surface area contributed by atoms with Gasteiger partial charge in [-0.3, -0.25) is 24.0 Å². The molecule has 3 heterocycles. The van der Waals surface area contributed by atoms with Gasteiger partial charge in [0, 0.05) is 37.4 Å². The number of piperidine rings is 1. The second kappa shape index (κ2) is 15.9. The number of nitrogens with one attached hydrogen (secondary N) is 3. The van der Waals surface area contributed by atoms with Gasteiger partial charge < -0.3 is 25.7 Å². The second-order valence-electron chi connectivity index (χ2n) is 12.4. The highest BCUT2D eigenvalue weighted by Crippen LogP contribution is 2.24. The number of carbonyl (C=O) groups is 5. The zero-order chi connectivity index (χ0) is 32.5. The van der Waals surface area contributed by atoms with Crippen molar-refractivity contribution in [3.63, 3.8) is 0 Å². The Morgan fingerprint density at radius 1 is 0.956 bits per heavy atom. The summed E-state index contributed by atoms with van der Waals surface area (Å²) in [5.74, 6) is -1.50. The van der Waals surface area contributed by atoms with Crippen LogP contribution in [-0.4, -0.2) is 76.9 Å². The van der Waals surface area contributed by atoms with E-state index in [9.17, 15) is 24.0 Å². The van der Waals surface area contributed by atoms with Crippen molar-refractivity contribution in [2.24, 2.45) is 5.92 Å². The predicted octanol–water partition coefficient (Wildman–Crippen LogP) is 3.07. The lowest BCUT2D eigenvalue weighted by atomic mass is 9.93. The molecule has 5 atom stereocenters. The first-order valence-electron chi connectivity index (χ1n) is 16.5. The van der Waals surface area contributed by atoms with Crippen molar-refractivity contribution in [2.75, 3.05) is 13.7 Å². The molecule has 1 unspecified atom stereocenters. The van der Waals surface area contributed by atoms with Crippen molar-refractivity contribution in [1.29, 1.82) is 0 Å². The molecule has 4 rings (SSSR count). The molecule has 246 valence electrons. The fourth-order valence-corrected chi connectivity index (χ4v) is 6.38. The SMILES string of the molecule is CCC(=O)CCCCC[C@H]1NC(=O)[C@H]2CCCCN2C(=O)C([C@@H](C)CC)NC(=O)[C@H](Cc2cn(OC)c3ccccc23)NC1=O. The average Bonchev–Trinajstić information content (AvgIpc) is 3.41. The van der Waals surface area contributed by atoms with Crippen LogP contribution >= 0.6 is 0 Å². The molecule has 0 radical (unpaired) electrons. The summed E-state index contributed by atoms with van der Waals surface area (Å²) in [6.07, 6.45) is 8.07. The van der Waals surface area contributed by atoms with Crippen LogP contribution in [0.4, 0.5) is 0 Å². The summed E-state index contributed by atoms with van der Waals surface area (Å²) in [6.45, 7) is 6.14. The molecule has 2 saturated heterocycles. The summed E-state index contributed by atoms with van der Waals surface area (Å²) in [4.78, 5) is 74.5. The zero-order valence-corrected chi connectivity index (χ0v) is 27.1. The Hall–Kier alpha value is -3.89. The molecule has 0 bridgehead atoms. The number of benzene rings is 1. The largest absolute Gasteiger partial charge is 0.417 e. The number of ketones is 1. The number of aromatic nitrogens is 1. The van der Waals surface area contributed by atoms with Gasteiger partial charge in [0.25, 0.3) is 0 Å². The number of carbonyl (C=O) groups excluding carboxylic acids is 5. The Bertz CT molecular complexity index is 1370. The van der Waals surface area contributed by atoms with Crippen molar-refractivity contribution in [3.8, 4) is 0 Å². The monoisotopic (exact) mass is 623 g/mol. The first-order valence-corrected chi connectivity index (χ1v) is 16.5. The highest BCUT2D eigenvalue weighted by molar-refractivity contribution is 5.98. The zero-order valence-electron chi connectivity index (χ0n) is 27.1. The third kappa shape index (κ3) is 8.23. The van der Waals surface area contributed by atoms with Crippen molar-refractivity contribution in [1.82, 2.24) is 25.6 Å². The van der Waals surface area contributed by atoms with Crippen LogP contribution in [0.1, 0.15) is 90.5 Å². The minimum absolute atomic E-state index is 0.155. The highest BCUT2D eigenvalue weighted by Gasteiger charge is 2.40. The van der Waals surface area contributed by atoms with E-state index in [1.807, 2.05) is 45.0 Å². The van der Waals surface area contributed by atoms with Crippen LogP contribution in [0, 0.1) is 5.92 Å². The Kier molecular flexibility index (Phi) is 12.0. The van der Waals surface area contributed by atoms with E-state index in [0.717, 1.165) is 35.7 Å². The summed E-state index contributed by atoms with van der Waals surface area (Å²) in [5.41, 5.74) is 1.62. The minimum atomic E-state index is -1.01. The molecular formula is C34H49N5O6. The number of nitrogens with zero attached hydrogens (tertiary/aromatic N) is 2. The number of fused-ring (bicyclic) bond motifs is 2. The van der Waals surface area contributed by atoms with Crippen LogP contribution in [0.25, 0.3) is 10.9 Å². The van der Waals surface area contributed by atoms with Crippen molar-refractivity contribution < 1.29 is 28.8 Å². The van der Waals surface area contributed by atoms with Gasteiger partial charge in [0.05, 0.1) is 5.52 Å². The van der Waals surface area contributed by atoms with E-state index in [1.54, 1.807) is 22.9 Å². The molecule has 2 aromatic rings. The number of rotatable bonds is 12. The van der Waals surface area contributed by atoms with Gasteiger partial charge in [-0.1, -0.05) is 58.2 Å². The standard InChI is InChI=1S/C34H49N5O6/c1-5-22(3)30-34(44)38-19-13-12-18-29(38)33(43)35-26(16-9-7-8-14-24(40)6-2)31(41)36-27(32(42)37-30)20-23-21-39(45-4)28-17-11-10-15-25(23)28/h10-11,15,17,21-22,26-27,29-30H,5-9,12-14,16,18-20H2,1-4H3,(H,35,43)(H,36,41)(H,37,42)/t22-,26+,27-,29+,30?/m0/s1. The van der Waals surface area contributed by atoms with Gasteiger partial charge in [-0.15, -0.1) is 0 Å². The number of hydrogen-bond donors (Lipinski definition) is 3. The van der Waals surface area contributed by atoms with Gasteiger partial charge in [-0.05, 0) is 49.7 Å². The average molecular weight is 624 g/mol. The van der Waals surface area contributed by atoms with Gasteiger partial charge >= 0.3 is 0 Å². The molecule has 1 aromatic heterocycles. The maximum atomic E-state index is 14.0. The molecule has 4 amide bonds. The van der Waals surface area contributed by atoms with Crippen molar-refractivity contribution >= 4 is 40.3 Å². The van der Waals surface area contributed by atoms with Crippen LogP contribution in [-0.2, 0) is 30.4 Å². The lowest BCUT2D eigenvalue weighted by Crippen LogP contribution is -2.64. The van der Waals surface area contributed by atoms with E-state index >= 15 is 0 Å². The fourth-order valence-electron chi connectivity index (χ4n) is 6.38. The van der Waals surface area contributed by atoms with E-state index in [0.29, 0.717) is 51.5 Å². The van der Waals surface area contributed by atoms with Crippen molar-refractivity contribution in [3.05, 3.63) is 36.0 Å². The Labute approximate surface area is 265 Å². The molecular weight excluding hydrogens is 574 g/mol. The maximum absolute atomic E-state index is 14.0. The van der Waals surface area contributed by atoms with E-state index in [1.165, 1.54) is 0 Å². The van der Waals surface area contributed by atoms with Gasteiger partial charge in [0.2, 0.25) is 23.6 Å². The molecule has 11 nitrogen and oxygen atoms in total. The normalized spacial score (nSPS) is 23.7. The van der Waals surface area contributed by atoms with Gasteiger partial charge in [-0.25, -0.2) is 0 Å². The fraction of sp³-hybridized carbons (Fsp3) is 0.618. The van der Waals surface area contributed by atoms with E-state index in [-0.39, 0.29) is 29.9 Å². The summed E-state index contributed by atoms with van der Waals surface area (Å²) >= 11 is 0. The van der Waals surface area contributed by atoms with Crippen LogP contribution < -0.4 is 20.8 Å². The summed E-state index contributed by atoms with van der Waals surface area (Å²) < 4.78 is 1.62. The topological polar surface area (TPSA) is 139 Å². The molecule has 1 aromatic carbocycles. The number of hydrogen-bond acceptors (Lipinski definition) is 6. The lowest BCUT2D eigenvalue weighted by Gasteiger charge is -2.39. The van der Waals surface area contributed by atoms with Gasteiger partial charge in [0.15, 0.2) is 0 Å².